The SMILES string of the molecule is C#Cc1cc(CC(=C)C(N)=O)cc(F)c1NS(C)(=O)=O. The summed E-state index contributed by atoms with van der Waals surface area (Å²) in [4.78, 5) is 10.9. The molecule has 0 aromatic heterocycles. The first-order chi connectivity index (χ1) is 9.14. The first-order valence-electron chi connectivity index (χ1n) is 5.38. The summed E-state index contributed by atoms with van der Waals surface area (Å²) >= 11 is 0. The van der Waals surface area contributed by atoms with Crippen LogP contribution in [0.2, 0.25) is 0 Å². The van der Waals surface area contributed by atoms with Crippen LogP contribution in [0.25, 0.3) is 0 Å². The molecule has 106 valence electrons. The first-order valence-corrected chi connectivity index (χ1v) is 7.27. The van der Waals surface area contributed by atoms with Crippen LogP contribution in [0.5, 0.6) is 0 Å². The van der Waals surface area contributed by atoms with Crippen molar-refractivity contribution >= 4 is 21.6 Å². The van der Waals surface area contributed by atoms with Gasteiger partial charge in [0.25, 0.3) is 0 Å². The number of hydrogen-bond donors (Lipinski definition) is 2. The Morgan fingerprint density at radius 2 is 2.15 bits per heavy atom. The van der Waals surface area contributed by atoms with Gasteiger partial charge in [0.15, 0.2) is 0 Å². The van der Waals surface area contributed by atoms with E-state index < -0.39 is 21.7 Å². The Balaban J connectivity index is 3.24. The standard InChI is InChI=1S/C13H13FN2O3S/c1-4-10-6-9(5-8(2)13(15)17)7-11(14)12(10)16-20(3,18)19/h1,6-7,16H,2,5H2,3H3,(H2,15,17). The lowest BCUT2D eigenvalue weighted by Crippen LogP contribution is -2.15. The molecule has 1 aromatic rings. The van der Waals surface area contributed by atoms with Gasteiger partial charge in [-0.25, -0.2) is 12.8 Å². The van der Waals surface area contributed by atoms with Crippen LogP contribution in [0.15, 0.2) is 24.3 Å². The smallest absolute Gasteiger partial charge is 0.244 e. The van der Waals surface area contributed by atoms with Crippen molar-refractivity contribution in [3.63, 3.8) is 0 Å². The Morgan fingerprint density at radius 3 is 2.60 bits per heavy atom. The summed E-state index contributed by atoms with van der Waals surface area (Å²) in [7, 11) is -3.66. The second-order valence-electron chi connectivity index (χ2n) is 4.16. The zero-order valence-corrected chi connectivity index (χ0v) is 11.6. The third-order valence-electron chi connectivity index (χ3n) is 2.36. The van der Waals surface area contributed by atoms with E-state index in [1.165, 1.54) is 6.07 Å². The maximum Gasteiger partial charge on any atom is 0.244 e. The van der Waals surface area contributed by atoms with Crippen LogP contribution in [-0.2, 0) is 21.2 Å². The van der Waals surface area contributed by atoms with Crippen LogP contribution in [0.3, 0.4) is 0 Å². The molecule has 0 heterocycles. The number of rotatable bonds is 5. The van der Waals surface area contributed by atoms with Crippen molar-refractivity contribution in [3.8, 4) is 12.3 Å². The van der Waals surface area contributed by atoms with Crippen molar-refractivity contribution < 1.29 is 17.6 Å². The van der Waals surface area contributed by atoms with Crippen molar-refractivity contribution in [2.24, 2.45) is 5.73 Å². The monoisotopic (exact) mass is 296 g/mol. The number of hydrogen-bond acceptors (Lipinski definition) is 3. The predicted molar refractivity (Wildman–Crippen MR) is 74.8 cm³/mol. The van der Waals surface area contributed by atoms with Crippen molar-refractivity contribution in [1.82, 2.24) is 0 Å². The number of terminal acetylenes is 1. The molecule has 5 nitrogen and oxygen atoms in total. The molecule has 0 aliphatic heterocycles. The van der Waals surface area contributed by atoms with Crippen LogP contribution >= 0.6 is 0 Å². The Morgan fingerprint density at radius 1 is 1.55 bits per heavy atom. The second kappa shape index (κ2) is 5.75. The van der Waals surface area contributed by atoms with Crippen LogP contribution in [-0.4, -0.2) is 20.6 Å². The second-order valence-corrected chi connectivity index (χ2v) is 5.91. The van der Waals surface area contributed by atoms with E-state index in [0.717, 1.165) is 12.3 Å². The van der Waals surface area contributed by atoms with Crippen molar-refractivity contribution in [3.05, 3.63) is 41.2 Å². The molecule has 1 rings (SSSR count). The fourth-order valence-corrected chi connectivity index (χ4v) is 2.08. The largest absolute Gasteiger partial charge is 0.366 e. The van der Waals surface area contributed by atoms with Gasteiger partial charge in [0, 0.05) is 12.0 Å². The van der Waals surface area contributed by atoms with Gasteiger partial charge < -0.3 is 5.73 Å². The minimum absolute atomic E-state index is 0.0279. The summed E-state index contributed by atoms with van der Waals surface area (Å²) in [5.41, 5.74) is 5.24. The molecule has 1 aromatic carbocycles. The molecule has 0 atom stereocenters. The zero-order valence-electron chi connectivity index (χ0n) is 10.7. The Kier molecular flexibility index (Phi) is 4.53. The van der Waals surface area contributed by atoms with Gasteiger partial charge in [-0.15, -0.1) is 6.42 Å². The number of nitrogens with two attached hydrogens (primary N) is 1. The lowest BCUT2D eigenvalue weighted by atomic mass is 10.0. The summed E-state index contributed by atoms with van der Waals surface area (Å²) < 4.78 is 38.2. The van der Waals surface area contributed by atoms with Gasteiger partial charge in [-0.05, 0) is 17.7 Å². The summed E-state index contributed by atoms with van der Waals surface area (Å²) in [6, 6.07) is 2.47. The molecular weight excluding hydrogens is 283 g/mol. The molecule has 1 amide bonds. The topological polar surface area (TPSA) is 89.3 Å². The molecule has 0 aliphatic carbocycles. The van der Waals surface area contributed by atoms with Gasteiger partial charge in [-0.3, -0.25) is 9.52 Å². The molecule has 20 heavy (non-hydrogen) atoms. The van der Waals surface area contributed by atoms with Crippen molar-refractivity contribution in [2.75, 3.05) is 11.0 Å². The number of sulfonamides is 1. The lowest BCUT2D eigenvalue weighted by Gasteiger charge is -2.11. The van der Waals surface area contributed by atoms with E-state index in [1.807, 2.05) is 4.72 Å². The minimum Gasteiger partial charge on any atom is -0.366 e. The van der Waals surface area contributed by atoms with E-state index in [-0.39, 0.29) is 23.2 Å². The van der Waals surface area contributed by atoms with E-state index in [0.29, 0.717) is 5.56 Å². The van der Waals surface area contributed by atoms with Gasteiger partial charge in [0.2, 0.25) is 15.9 Å². The van der Waals surface area contributed by atoms with E-state index in [9.17, 15) is 17.6 Å². The summed E-state index contributed by atoms with van der Waals surface area (Å²) in [6.45, 7) is 3.46. The molecule has 0 saturated heterocycles. The number of anilines is 1. The molecule has 3 N–H and O–H groups in total. The highest BCUT2D eigenvalue weighted by molar-refractivity contribution is 7.92. The average Bonchev–Trinajstić information content (AvgIpc) is 2.30. The summed E-state index contributed by atoms with van der Waals surface area (Å²) in [5, 5.41) is 0. The third-order valence-corrected chi connectivity index (χ3v) is 2.93. The maximum atomic E-state index is 13.9. The number of nitrogens with one attached hydrogen (secondary N) is 1. The van der Waals surface area contributed by atoms with Gasteiger partial charge in [0.1, 0.15) is 5.82 Å². The predicted octanol–water partition coefficient (Wildman–Crippen LogP) is 0.763. The zero-order chi connectivity index (χ0) is 15.5. The number of amides is 1. The third kappa shape index (κ3) is 4.10. The van der Waals surface area contributed by atoms with E-state index in [1.54, 1.807) is 0 Å². The van der Waals surface area contributed by atoms with Crippen LogP contribution in [0.4, 0.5) is 10.1 Å². The fraction of sp³-hybridized carbons (Fsp3) is 0.154. The highest BCUT2D eigenvalue weighted by atomic mass is 32.2. The number of benzene rings is 1. The van der Waals surface area contributed by atoms with Crippen molar-refractivity contribution in [1.29, 1.82) is 0 Å². The van der Waals surface area contributed by atoms with Crippen LogP contribution in [0, 0.1) is 18.2 Å². The molecule has 0 radical (unpaired) electrons. The Hall–Kier alpha value is -2.33. The average molecular weight is 296 g/mol. The van der Waals surface area contributed by atoms with E-state index >= 15 is 0 Å². The van der Waals surface area contributed by atoms with Gasteiger partial charge in [0.05, 0.1) is 17.5 Å². The van der Waals surface area contributed by atoms with Crippen molar-refractivity contribution in [2.45, 2.75) is 6.42 Å². The fourth-order valence-electron chi connectivity index (χ4n) is 1.50. The molecule has 0 bridgehead atoms. The maximum absolute atomic E-state index is 13.9. The minimum atomic E-state index is -3.66. The number of carbonyl (C=O) groups excluding carboxylic acids is 1. The van der Waals surface area contributed by atoms with Gasteiger partial charge >= 0.3 is 0 Å². The normalized spacial score (nSPS) is 10.7. The summed E-state index contributed by atoms with van der Waals surface area (Å²) in [6.07, 6.45) is 6.14. The van der Waals surface area contributed by atoms with Gasteiger partial charge in [-0.1, -0.05) is 12.5 Å². The highest BCUT2D eigenvalue weighted by Gasteiger charge is 2.14. The molecule has 0 fully saturated rings. The molecule has 7 heteroatoms. The summed E-state index contributed by atoms with van der Waals surface area (Å²) in [5.74, 6) is 0.651. The van der Waals surface area contributed by atoms with Crippen LogP contribution in [0.1, 0.15) is 11.1 Å². The van der Waals surface area contributed by atoms with E-state index in [4.69, 9.17) is 12.2 Å². The lowest BCUT2D eigenvalue weighted by molar-refractivity contribution is -0.114. The van der Waals surface area contributed by atoms with Crippen LogP contribution < -0.4 is 10.5 Å². The van der Waals surface area contributed by atoms with Gasteiger partial charge in [-0.2, -0.15) is 0 Å². The Bertz CT molecular complexity index is 718. The number of primary amides is 1. The first kappa shape index (κ1) is 15.7. The molecular formula is C13H13FN2O3S. The Labute approximate surface area is 116 Å². The highest BCUT2D eigenvalue weighted by Crippen LogP contribution is 2.23. The quantitative estimate of drug-likeness (QED) is 0.621. The molecule has 0 unspecified atom stereocenters. The molecule has 0 saturated carbocycles. The van der Waals surface area contributed by atoms with E-state index in [2.05, 4.69) is 12.5 Å². The molecule has 0 spiro atoms. The number of halogens is 1. The molecule has 0 aliphatic rings. The number of carbonyl (C=O) groups is 1.